The largest absolute Gasteiger partial charge is 0.490 e. The lowest BCUT2D eigenvalue weighted by atomic mass is 10.2. The molecule has 24 heavy (non-hydrogen) atoms. The van der Waals surface area contributed by atoms with Gasteiger partial charge in [0, 0.05) is 17.9 Å². The molecule has 0 aliphatic rings. The normalized spacial score (nSPS) is 10.4. The molecule has 1 N–H and O–H groups in total. The minimum atomic E-state index is -0.113. The van der Waals surface area contributed by atoms with Crippen molar-refractivity contribution < 1.29 is 18.7 Å². The number of carbonyl (C=O) groups is 1. The van der Waals surface area contributed by atoms with Crippen LogP contribution in [0.3, 0.4) is 0 Å². The molecule has 1 heterocycles. The third kappa shape index (κ3) is 5.53. The molecular weight excluding hydrogens is 326 g/mol. The molecule has 6 heteroatoms. The van der Waals surface area contributed by atoms with Crippen LogP contribution in [0.25, 0.3) is 0 Å². The Labute approximate surface area is 146 Å². The lowest BCUT2D eigenvalue weighted by Gasteiger charge is -2.12. The molecule has 2 rings (SSSR count). The number of ether oxygens (including phenoxy) is 2. The van der Waals surface area contributed by atoms with Crippen molar-refractivity contribution >= 4 is 17.7 Å². The fourth-order valence-electron chi connectivity index (χ4n) is 2.10. The van der Waals surface area contributed by atoms with Gasteiger partial charge in [0.25, 0.3) is 5.91 Å². The summed E-state index contributed by atoms with van der Waals surface area (Å²) in [7, 11) is 0. The van der Waals surface area contributed by atoms with Crippen molar-refractivity contribution in [1.29, 1.82) is 0 Å². The quantitative estimate of drug-likeness (QED) is 0.662. The van der Waals surface area contributed by atoms with Crippen molar-refractivity contribution in [2.45, 2.75) is 19.6 Å². The van der Waals surface area contributed by atoms with Gasteiger partial charge in [-0.3, -0.25) is 4.79 Å². The van der Waals surface area contributed by atoms with Crippen molar-refractivity contribution in [2.75, 3.05) is 25.5 Å². The highest BCUT2D eigenvalue weighted by atomic mass is 32.2. The van der Waals surface area contributed by atoms with Crippen molar-refractivity contribution in [2.24, 2.45) is 0 Å². The Kier molecular flexibility index (Phi) is 7.55. The molecule has 0 saturated heterocycles. The van der Waals surface area contributed by atoms with Gasteiger partial charge in [0.2, 0.25) is 0 Å². The van der Waals surface area contributed by atoms with Crippen LogP contribution in [0.4, 0.5) is 0 Å². The molecule has 5 nitrogen and oxygen atoms in total. The summed E-state index contributed by atoms with van der Waals surface area (Å²) < 4.78 is 16.3. The van der Waals surface area contributed by atoms with E-state index in [1.165, 1.54) is 0 Å². The third-order valence-electron chi connectivity index (χ3n) is 3.16. The fourth-order valence-corrected chi connectivity index (χ4v) is 2.85. The van der Waals surface area contributed by atoms with Crippen molar-refractivity contribution in [3.8, 4) is 11.5 Å². The van der Waals surface area contributed by atoms with Crippen LogP contribution in [0.1, 0.15) is 30.0 Å². The molecule has 0 spiro atoms. The summed E-state index contributed by atoms with van der Waals surface area (Å²) >= 11 is 1.72. The van der Waals surface area contributed by atoms with Crippen molar-refractivity contribution in [3.63, 3.8) is 0 Å². The first-order valence-electron chi connectivity index (χ1n) is 8.02. The summed E-state index contributed by atoms with van der Waals surface area (Å²) in [5.41, 5.74) is 0.568. The molecule has 0 aliphatic carbocycles. The summed E-state index contributed by atoms with van der Waals surface area (Å²) in [5.74, 6) is 3.71. The zero-order valence-corrected chi connectivity index (χ0v) is 14.9. The number of carbonyl (C=O) groups excluding carboxylic acids is 1. The minimum Gasteiger partial charge on any atom is -0.490 e. The molecule has 0 unspecified atom stereocenters. The number of hydrogen-bond acceptors (Lipinski definition) is 5. The molecule has 0 aliphatic heterocycles. The maximum absolute atomic E-state index is 12.2. The van der Waals surface area contributed by atoms with Gasteiger partial charge in [-0.1, -0.05) is 0 Å². The Morgan fingerprint density at radius 3 is 2.67 bits per heavy atom. The summed E-state index contributed by atoms with van der Waals surface area (Å²) in [4.78, 5) is 12.2. The van der Waals surface area contributed by atoms with Gasteiger partial charge in [-0.2, -0.15) is 11.8 Å². The highest BCUT2D eigenvalue weighted by Crippen LogP contribution is 2.28. The molecular formula is C18H23NO4S. The van der Waals surface area contributed by atoms with Gasteiger partial charge in [-0.25, -0.2) is 0 Å². The Morgan fingerprint density at radius 1 is 1.17 bits per heavy atom. The van der Waals surface area contributed by atoms with E-state index in [1.54, 1.807) is 36.2 Å². The first kappa shape index (κ1) is 18.3. The van der Waals surface area contributed by atoms with Crippen LogP contribution >= 0.6 is 11.8 Å². The molecule has 0 atom stereocenters. The first-order valence-corrected chi connectivity index (χ1v) is 9.18. The Morgan fingerprint density at radius 2 is 1.96 bits per heavy atom. The third-order valence-corrected chi connectivity index (χ3v) is 4.14. The van der Waals surface area contributed by atoms with Crippen LogP contribution in [0.5, 0.6) is 11.5 Å². The van der Waals surface area contributed by atoms with Crippen LogP contribution in [-0.2, 0) is 5.75 Å². The Balaban J connectivity index is 1.81. The Hall–Kier alpha value is -2.08. The van der Waals surface area contributed by atoms with Crippen LogP contribution in [-0.4, -0.2) is 31.4 Å². The number of nitrogens with one attached hydrogen (secondary N) is 1. The zero-order chi connectivity index (χ0) is 17.2. The van der Waals surface area contributed by atoms with Gasteiger partial charge in [0.1, 0.15) is 5.76 Å². The molecule has 2 aromatic rings. The second-order valence-corrected chi connectivity index (χ2v) is 6.02. The van der Waals surface area contributed by atoms with Crippen molar-refractivity contribution in [3.05, 3.63) is 47.9 Å². The molecule has 130 valence electrons. The summed E-state index contributed by atoms with van der Waals surface area (Å²) in [5, 5.41) is 2.91. The monoisotopic (exact) mass is 349 g/mol. The predicted molar refractivity (Wildman–Crippen MR) is 96.0 cm³/mol. The molecule has 0 saturated carbocycles. The van der Waals surface area contributed by atoms with Gasteiger partial charge in [-0.15, -0.1) is 0 Å². The summed E-state index contributed by atoms with van der Waals surface area (Å²) in [6.45, 7) is 5.49. The highest BCUT2D eigenvalue weighted by Gasteiger charge is 2.11. The maximum atomic E-state index is 12.2. The highest BCUT2D eigenvalue weighted by molar-refractivity contribution is 7.98. The smallest absolute Gasteiger partial charge is 0.251 e. The van der Waals surface area contributed by atoms with E-state index in [1.807, 2.05) is 26.0 Å². The average Bonchev–Trinajstić information content (AvgIpc) is 3.10. The second-order valence-electron chi connectivity index (χ2n) is 4.92. The van der Waals surface area contributed by atoms with Gasteiger partial charge in [0.05, 0.1) is 25.2 Å². The van der Waals surface area contributed by atoms with Gasteiger partial charge >= 0.3 is 0 Å². The number of rotatable bonds is 10. The van der Waals surface area contributed by atoms with E-state index in [0.29, 0.717) is 36.8 Å². The van der Waals surface area contributed by atoms with E-state index in [4.69, 9.17) is 13.9 Å². The predicted octanol–water partition coefficient (Wildman–Crippen LogP) is 3.74. The zero-order valence-electron chi connectivity index (χ0n) is 14.0. The Bertz CT molecular complexity index is 628. The molecule has 0 fully saturated rings. The van der Waals surface area contributed by atoms with E-state index in [2.05, 4.69) is 5.32 Å². The molecule has 1 aromatic carbocycles. The summed E-state index contributed by atoms with van der Waals surface area (Å²) in [6, 6.07) is 9.06. The van der Waals surface area contributed by atoms with Gasteiger partial charge in [-0.05, 0) is 44.2 Å². The molecule has 1 aromatic heterocycles. The number of hydrogen-bond donors (Lipinski definition) is 1. The van der Waals surface area contributed by atoms with Gasteiger partial charge < -0.3 is 19.2 Å². The topological polar surface area (TPSA) is 60.7 Å². The van der Waals surface area contributed by atoms with E-state index < -0.39 is 0 Å². The molecule has 0 radical (unpaired) electrons. The average molecular weight is 349 g/mol. The second kappa shape index (κ2) is 9.93. The molecule has 0 bridgehead atoms. The lowest BCUT2D eigenvalue weighted by Crippen LogP contribution is -2.25. The van der Waals surface area contributed by atoms with Gasteiger partial charge in [0.15, 0.2) is 11.5 Å². The standard InChI is InChI=1S/C18H23NO4S/c1-3-21-16-8-7-14(12-17(16)22-4-2)18(20)19-9-11-24-13-15-6-5-10-23-15/h5-8,10,12H,3-4,9,11,13H2,1-2H3,(H,19,20). The first-order chi connectivity index (χ1) is 11.7. The van der Waals surface area contributed by atoms with E-state index in [9.17, 15) is 4.79 Å². The number of thioether (sulfide) groups is 1. The number of furan rings is 1. The number of amides is 1. The molecule has 1 amide bonds. The van der Waals surface area contributed by atoms with E-state index in [-0.39, 0.29) is 5.91 Å². The fraction of sp³-hybridized carbons (Fsp3) is 0.389. The van der Waals surface area contributed by atoms with Crippen LogP contribution in [0, 0.1) is 0 Å². The van der Waals surface area contributed by atoms with Crippen LogP contribution < -0.4 is 14.8 Å². The van der Waals surface area contributed by atoms with E-state index >= 15 is 0 Å². The van der Waals surface area contributed by atoms with Crippen molar-refractivity contribution in [1.82, 2.24) is 5.32 Å². The van der Waals surface area contributed by atoms with E-state index in [0.717, 1.165) is 17.3 Å². The lowest BCUT2D eigenvalue weighted by molar-refractivity contribution is 0.0955. The minimum absolute atomic E-state index is 0.113. The van der Waals surface area contributed by atoms with Crippen LogP contribution in [0.2, 0.25) is 0 Å². The SMILES string of the molecule is CCOc1ccc(C(=O)NCCSCc2ccco2)cc1OCC. The van der Waals surface area contributed by atoms with Crippen LogP contribution in [0.15, 0.2) is 41.0 Å². The number of benzene rings is 1. The maximum Gasteiger partial charge on any atom is 0.251 e. The summed E-state index contributed by atoms with van der Waals surface area (Å²) in [6.07, 6.45) is 1.67.